The molecule has 0 amide bonds. The van der Waals surface area contributed by atoms with Crippen molar-refractivity contribution in [3.8, 4) is 5.75 Å². The summed E-state index contributed by atoms with van der Waals surface area (Å²) in [4.78, 5) is 5.33. The SMILES string of the molecule is COc1ccc([N+]#N)cc1Cl.OB(O)OF. The zero-order valence-corrected chi connectivity index (χ0v) is 8.93. The summed E-state index contributed by atoms with van der Waals surface area (Å²) in [5.41, 5.74) is 0.413. The molecule has 0 aliphatic heterocycles. The van der Waals surface area contributed by atoms with Gasteiger partial charge in [-0.1, -0.05) is 16.1 Å². The number of hydrogen-bond donors (Lipinski definition) is 2. The summed E-state index contributed by atoms with van der Waals surface area (Å²) in [7, 11) is -0.758. The van der Waals surface area contributed by atoms with Gasteiger partial charge in [0.05, 0.1) is 18.2 Å². The van der Waals surface area contributed by atoms with Crippen LogP contribution in [0.5, 0.6) is 5.75 Å². The van der Waals surface area contributed by atoms with Gasteiger partial charge in [-0.25, -0.2) is 0 Å². The molecule has 6 nitrogen and oxygen atoms in total. The molecule has 1 aromatic rings. The molecular formula is C7H8BClFN2O4+. The van der Waals surface area contributed by atoms with E-state index in [0.29, 0.717) is 16.5 Å². The van der Waals surface area contributed by atoms with Crippen LogP contribution >= 0.6 is 11.6 Å². The summed E-state index contributed by atoms with van der Waals surface area (Å²) >= 11 is 5.71. The first-order chi connectivity index (χ1) is 7.54. The molecule has 0 saturated heterocycles. The highest BCUT2D eigenvalue weighted by atomic mass is 35.5. The maximum absolute atomic E-state index is 10.1. The minimum atomic E-state index is -2.28. The molecule has 0 saturated carbocycles. The van der Waals surface area contributed by atoms with E-state index in [9.17, 15) is 4.53 Å². The van der Waals surface area contributed by atoms with E-state index in [0.717, 1.165) is 0 Å². The van der Waals surface area contributed by atoms with Gasteiger partial charge in [-0.05, 0) is 6.07 Å². The molecule has 0 heterocycles. The van der Waals surface area contributed by atoms with Crippen LogP contribution in [0.4, 0.5) is 10.2 Å². The van der Waals surface area contributed by atoms with E-state index < -0.39 is 7.32 Å². The molecular weight excluding hydrogens is 241 g/mol. The third-order valence-corrected chi connectivity index (χ3v) is 1.63. The van der Waals surface area contributed by atoms with Gasteiger partial charge in [-0.15, -0.1) is 0 Å². The predicted molar refractivity (Wildman–Crippen MR) is 55.1 cm³/mol. The molecule has 0 atom stereocenters. The van der Waals surface area contributed by atoms with E-state index in [1.807, 2.05) is 0 Å². The Labute approximate surface area is 95.9 Å². The van der Waals surface area contributed by atoms with Crippen molar-refractivity contribution in [2.24, 2.45) is 0 Å². The van der Waals surface area contributed by atoms with Gasteiger partial charge in [0, 0.05) is 6.07 Å². The highest BCUT2D eigenvalue weighted by molar-refractivity contribution is 6.32. The van der Waals surface area contributed by atoms with Crippen LogP contribution in [-0.2, 0) is 4.86 Å². The van der Waals surface area contributed by atoms with Crippen LogP contribution in [0.3, 0.4) is 0 Å². The van der Waals surface area contributed by atoms with Gasteiger partial charge >= 0.3 is 13.0 Å². The number of hydrogen-bond acceptors (Lipinski definition) is 5. The first-order valence-corrected chi connectivity index (χ1v) is 4.25. The predicted octanol–water partition coefficient (Wildman–Crippen LogP) is 1.69. The number of benzene rings is 1. The van der Waals surface area contributed by atoms with Crippen LogP contribution in [0.15, 0.2) is 18.2 Å². The Balaban J connectivity index is 0.000000385. The number of nitrogens with zero attached hydrogens (tertiary/aromatic N) is 2. The van der Waals surface area contributed by atoms with E-state index in [-0.39, 0.29) is 0 Å². The van der Waals surface area contributed by atoms with E-state index in [1.54, 1.807) is 12.1 Å². The summed E-state index contributed by atoms with van der Waals surface area (Å²) in [6, 6.07) is 4.75. The summed E-state index contributed by atoms with van der Waals surface area (Å²) in [6.45, 7) is 0. The van der Waals surface area contributed by atoms with Gasteiger partial charge in [-0.2, -0.15) is 4.86 Å². The fourth-order valence-electron chi connectivity index (χ4n) is 0.717. The second kappa shape index (κ2) is 7.84. The molecule has 0 unspecified atom stereocenters. The molecule has 16 heavy (non-hydrogen) atoms. The molecule has 0 fully saturated rings. The smallest absolute Gasteiger partial charge is 0.495 e. The number of rotatable bonds is 2. The van der Waals surface area contributed by atoms with Crippen LogP contribution in [-0.4, -0.2) is 24.5 Å². The summed E-state index contributed by atoms with van der Waals surface area (Å²) in [5, 5.41) is 23.4. The molecule has 0 bridgehead atoms. The van der Waals surface area contributed by atoms with E-state index in [4.69, 9.17) is 31.8 Å². The van der Waals surface area contributed by atoms with Gasteiger partial charge in [0.15, 0.2) is 4.98 Å². The molecule has 9 heteroatoms. The summed E-state index contributed by atoms with van der Waals surface area (Å²) in [6.07, 6.45) is 0. The molecule has 0 aromatic heterocycles. The fraction of sp³-hybridized carbons (Fsp3) is 0.143. The third-order valence-electron chi connectivity index (χ3n) is 1.33. The van der Waals surface area contributed by atoms with E-state index in [2.05, 4.69) is 9.83 Å². The van der Waals surface area contributed by atoms with Crippen molar-refractivity contribution >= 4 is 24.6 Å². The van der Waals surface area contributed by atoms with Crippen molar-refractivity contribution < 1.29 is 24.2 Å². The average molecular weight is 249 g/mol. The van der Waals surface area contributed by atoms with Crippen LogP contribution < -0.4 is 4.74 Å². The van der Waals surface area contributed by atoms with Crippen molar-refractivity contribution in [1.29, 1.82) is 5.39 Å². The number of ether oxygens (including phenoxy) is 1. The molecule has 1 aromatic carbocycles. The molecule has 0 aliphatic carbocycles. The standard InChI is InChI=1S/C7H6ClN2O.BFH2O3/c1-11-7-3-2-5(10-9)4-6(7)8;2-5-1(3)4/h2-4H,1H3;3-4H/q+1;. The lowest BCUT2D eigenvalue weighted by Crippen LogP contribution is -2.10. The van der Waals surface area contributed by atoms with Gasteiger partial charge < -0.3 is 14.8 Å². The lowest BCUT2D eigenvalue weighted by Gasteiger charge is -1.97. The lowest BCUT2D eigenvalue weighted by atomic mass is 10.3. The number of methoxy groups -OCH3 is 1. The Morgan fingerprint density at radius 1 is 1.50 bits per heavy atom. The second-order valence-electron chi connectivity index (χ2n) is 2.33. The highest BCUT2D eigenvalue weighted by Crippen LogP contribution is 2.28. The zero-order valence-electron chi connectivity index (χ0n) is 8.17. The molecule has 2 N–H and O–H groups in total. The third kappa shape index (κ3) is 5.48. The summed E-state index contributed by atoms with van der Waals surface area (Å²) < 4.78 is 15.0. The molecule has 0 radical (unpaired) electrons. The Kier molecular flexibility index (Phi) is 7.16. The van der Waals surface area contributed by atoms with Gasteiger partial charge in [0.1, 0.15) is 5.75 Å². The molecule has 0 aliphatic rings. The fourth-order valence-corrected chi connectivity index (χ4v) is 0.969. The minimum Gasteiger partial charge on any atom is -0.495 e. The van der Waals surface area contributed by atoms with Crippen LogP contribution in [0.1, 0.15) is 0 Å². The minimum absolute atomic E-state index is 0.413. The highest BCUT2D eigenvalue weighted by Gasteiger charge is 2.08. The maximum Gasteiger partial charge on any atom is 0.667 e. The van der Waals surface area contributed by atoms with Crippen molar-refractivity contribution in [3.63, 3.8) is 0 Å². The number of diazo groups is 1. The van der Waals surface area contributed by atoms with Gasteiger partial charge in [0.2, 0.25) is 5.39 Å². The van der Waals surface area contributed by atoms with Crippen molar-refractivity contribution in [2.75, 3.05) is 7.11 Å². The van der Waals surface area contributed by atoms with Crippen molar-refractivity contribution in [1.82, 2.24) is 0 Å². The first-order valence-electron chi connectivity index (χ1n) is 3.87. The van der Waals surface area contributed by atoms with E-state index in [1.165, 1.54) is 13.2 Å². The Morgan fingerprint density at radius 3 is 2.38 bits per heavy atom. The largest absolute Gasteiger partial charge is 0.667 e. The maximum atomic E-state index is 10.1. The van der Waals surface area contributed by atoms with Crippen LogP contribution in [0.25, 0.3) is 4.98 Å². The second-order valence-corrected chi connectivity index (χ2v) is 2.74. The molecule has 86 valence electrons. The van der Waals surface area contributed by atoms with Crippen molar-refractivity contribution in [3.05, 3.63) is 28.2 Å². The van der Waals surface area contributed by atoms with Crippen LogP contribution in [0.2, 0.25) is 5.02 Å². The Hall–Kier alpha value is -1.40. The Morgan fingerprint density at radius 2 is 2.06 bits per heavy atom. The normalized spacial score (nSPS) is 8.50. The Bertz CT molecular complexity index is 374. The van der Waals surface area contributed by atoms with Gasteiger partial charge in [-0.3, -0.25) is 0 Å². The first kappa shape index (κ1) is 14.6. The monoisotopic (exact) mass is 249 g/mol. The summed E-state index contributed by atoms with van der Waals surface area (Å²) in [5.74, 6) is 0.569. The van der Waals surface area contributed by atoms with Crippen molar-refractivity contribution in [2.45, 2.75) is 0 Å². The van der Waals surface area contributed by atoms with E-state index >= 15 is 0 Å². The zero-order chi connectivity index (χ0) is 12.6. The quantitative estimate of drug-likeness (QED) is 0.615. The lowest BCUT2D eigenvalue weighted by molar-refractivity contribution is -0.0560. The van der Waals surface area contributed by atoms with Gasteiger partial charge in [0.25, 0.3) is 0 Å². The molecule has 1 rings (SSSR count). The topological polar surface area (TPSA) is 87.1 Å². The molecule has 0 spiro atoms. The number of halogens is 2. The average Bonchev–Trinajstić information content (AvgIpc) is 2.29. The van der Waals surface area contributed by atoms with Crippen LogP contribution in [0, 0.1) is 5.39 Å².